The van der Waals surface area contributed by atoms with Gasteiger partial charge >= 0.3 is 0 Å². The van der Waals surface area contributed by atoms with E-state index in [0.717, 1.165) is 6.54 Å². The van der Waals surface area contributed by atoms with Crippen molar-refractivity contribution in [2.75, 3.05) is 13.2 Å². The van der Waals surface area contributed by atoms with Crippen LogP contribution in [0, 0.1) is 0 Å². The first-order chi connectivity index (χ1) is 3.72. The summed E-state index contributed by atoms with van der Waals surface area (Å²) in [5.74, 6) is 0. The number of hydrogen-bond acceptors (Lipinski definition) is 2. The van der Waals surface area contributed by atoms with Crippen LogP contribution in [-0.4, -0.2) is 24.2 Å². The van der Waals surface area contributed by atoms with Gasteiger partial charge in [-0.05, 0) is 20.4 Å². The lowest BCUT2D eigenvalue weighted by atomic mass is 10.3. The van der Waals surface area contributed by atoms with Gasteiger partial charge in [0.1, 0.15) is 0 Å². The van der Waals surface area contributed by atoms with Gasteiger partial charge in [0, 0.05) is 12.7 Å². The summed E-state index contributed by atoms with van der Waals surface area (Å²) in [5.41, 5.74) is 5.41. The smallest absolute Gasteiger partial charge is 0.0457 e. The summed E-state index contributed by atoms with van der Waals surface area (Å²) in [4.78, 5) is 2.19. The van der Waals surface area contributed by atoms with Crippen LogP contribution >= 0.6 is 0 Å². The van der Waals surface area contributed by atoms with Gasteiger partial charge in [-0.1, -0.05) is 6.92 Å². The van der Waals surface area contributed by atoms with Crippen LogP contribution in [0.1, 0.15) is 20.8 Å². The summed E-state index contributed by atoms with van der Waals surface area (Å²) in [6, 6.07) is 0.588. The van der Waals surface area contributed by atoms with Crippen LogP contribution in [0.4, 0.5) is 0 Å². The van der Waals surface area contributed by atoms with Crippen LogP contribution in [-0.2, 0) is 0 Å². The molecule has 0 aliphatic heterocycles. The second kappa shape index (κ2) is 3.87. The molecule has 0 saturated heterocycles. The van der Waals surface area contributed by atoms with Crippen molar-refractivity contribution in [2.45, 2.75) is 26.8 Å². The normalized spacial score (nSPS) is 11.2. The van der Waals surface area contributed by atoms with Gasteiger partial charge in [0.05, 0.1) is 0 Å². The zero-order valence-electron chi connectivity index (χ0n) is 6.02. The lowest BCUT2D eigenvalue weighted by molar-refractivity contribution is 0.240. The third-order valence-corrected chi connectivity index (χ3v) is 1.37. The van der Waals surface area contributed by atoms with Crippen molar-refractivity contribution in [3.05, 3.63) is 0 Å². The lowest BCUT2D eigenvalue weighted by Crippen LogP contribution is -2.35. The molecule has 0 aliphatic carbocycles. The van der Waals surface area contributed by atoms with Crippen LogP contribution in [0.3, 0.4) is 0 Å². The van der Waals surface area contributed by atoms with Gasteiger partial charge in [0.25, 0.3) is 0 Å². The molecule has 0 amide bonds. The zero-order chi connectivity index (χ0) is 6.57. The molecule has 2 nitrogen and oxygen atoms in total. The van der Waals surface area contributed by atoms with Gasteiger partial charge in [0.15, 0.2) is 0 Å². The van der Waals surface area contributed by atoms with E-state index < -0.39 is 0 Å². The van der Waals surface area contributed by atoms with E-state index in [1.54, 1.807) is 0 Å². The molecule has 0 unspecified atom stereocenters. The first kappa shape index (κ1) is 7.92. The van der Waals surface area contributed by atoms with Crippen LogP contribution < -0.4 is 5.73 Å². The van der Waals surface area contributed by atoms with E-state index in [-0.39, 0.29) is 0 Å². The summed E-state index contributed by atoms with van der Waals surface area (Å²) in [6.45, 7) is 8.14. The monoisotopic (exact) mass is 116 g/mol. The Morgan fingerprint density at radius 2 is 2.00 bits per heavy atom. The third-order valence-electron chi connectivity index (χ3n) is 1.37. The average molecular weight is 116 g/mol. The Morgan fingerprint density at radius 3 is 2.00 bits per heavy atom. The molecule has 2 N–H and O–H groups in total. The summed E-state index contributed by atoms with van der Waals surface area (Å²) in [6.07, 6.45) is 0. The summed E-state index contributed by atoms with van der Waals surface area (Å²) in [7, 11) is 0. The minimum atomic E-state index is 0.588. The molecule has 0 aromatic rings. The van der Waals surface area contributed by atoms with E-state index >= 15 is 0 Å². The predicted molar refractivity (Wildman–Crippen MR) is 36.6 cm³/mol. The quantitative estimate of drug-likeness (QED) is 0.548. The second-order valence-corrected chi connectivity index (χ2v) is 2.18. The molecule has 8 heavy (non-hydrogen) atoms. The molecule has 0 atom stereocenters. The van der Waals surface area contributed by atoms with E-state index in [1.807, 2.05) is 0 Å². The van der Waals surface area contributed by atoms with Gasteiger partial charge in [0.2, 0.25) is 0 Å². The Bertz CT molecular complexity index is 48.5. The Balaban J connectivity index is 3.35. The maximum absolute atomic E-state index is 5.41. The third kappa shape index (κ3) is 2.28. The molecule has 50 valence electrons. The molecule has 0 aromatic carbocycles. The summed E-state index contributed by atoms with van der Waals surface area (Å²) < 4.78 is 0. The maximum Gasteiger partial charge on any atom is 0.0457 e. The number of hydrogen-bond donors (Lipinski definition) is 1. The molecular formula is C6H16N2. The summed E-state index contributed by atoms with van der Waals surface area (Å²) in [5, 5.41) is 0. The Kier molecular flexibility index (Phi) is 3.83. The Morgan fingerprint density at radius 1 is 1.50 bits per heavy atom. The fraction of sp³-hybridized carbons (Fsp3) is 1.00. The van der Waals surface area contributed by atoms with Crippen molar-refractivity contribution in [1.82, 2.24) is 4.90 Å². The van der Waals surface area contributed by atoms with Crippen molar-refractivity contribution in [1.29, 1.82) is 0 Å². The number of nitrogens with zero attached hydrogens (tertiary/aromatic N) is 1. The average Bonchev–Trinajstić information content (AvgIpc) is 1.69. The van der Waals surface area contributed by atoms with E-state index in [1.165, 1.54) is 0 Å². The highest BCUT2D eigenvalue weighted by molar-refractivity contribution is 4.55. The molecule has 0 rings (SSSR count). The van der Waals surface area contributed by atoms with Crippen LogP contribution in [0.25, 0.3) is 0 Å². The molecule has 2 heteroatoms. The molecule has 0 heterocycles. The van der Waals surface area contributed by atoms with E-state index in [4.69, 9.17) is 5.73 Å². The van der Waals surface area contributed by atoms with E-state index in [9.17, 15) is 0 Å². The molecule has 0 fully saturated rings. The largest absolute Gasteiger partial charge is 0.318 e. The van der Waals surface area contributed by atoms with Crippen LogP contribution in [0.5, 0.6) is 0 Å². The standard InChI is InChI=1S/C6H16N2/c1-4-8(5-7)6(2)3/h6H,4-5,7H2,1-3H3. The zero-order valence-corrected chi connectivity index (χ0v) is 6.02. The topological polar surface area (TPSA) is 29.3 Å². The van der Waals surface area contributed by atoms with Crippen molar-refractivity contribution < 1.29 is 0 Å². The molecule has 0 saturated carbocycles. The van der Waals surface area contributed by atoms with Gasteiger partial charge in [-0.15, -0.1) is 0 Å². The highest BCUT2D eigenvalue weighted by Crippen LogP contribution is 1.91. The molecule has 0 spiro atoms. The first-order valence-electron chi connectivity index (χ1n) is 3.16. The fourth-order valence-electron chi connectivity index (χ4n) is 0.705. The van der Waals surface area contributed by atoms with Gasteiger partial charge in [-0.25, -0.2) is 0 Å². The van der Waals surface area contributed by atoms with Gasteiger partial charge in [-0.2, -0.15) is 0 Å². The molecule has 0 aliphatic rings. The predicted octanol–water partition coefficient (Wildman–Crippen LogP) is 0.633. The molecule has 0 radical (unpaired) electrons. The fourth-order valence-corrected chi connectivity index (χ4v) is 0.705. The first-order valence-corrected chi connectivity index (χ1v) is 3.16. The van der Waals surface area contributed by atoms with Crippen molar-refractivity contribution in [3.63, 3.8) is 0 Å². The highest BCUT2D eigenvalue weighted by atomic mass is 15.2. The van der Waals surface area contributed by atoms with Crippen LogP contribution in [0.2, 0.25) is 0 Å². The number of nitrogens with two attached hydrogens (primary N) is 1. The Labute approximate surface area is 51.7 Å². The lowest BCUT2D eigenvalue weighted by Gasteiger charge is -2.21. The van der Waals surface area contributed by atoms with Crippen LogP contribution in [0.15, 0.2) is 0 Å². The maximum atomic E-state index is 5.41. The molecule has 0 aromatic heterocycles. The van der Waals surface area contributed by atoms with Crippen molar-refractivity contribution in [2.24, 2.45) is 5.73 Å². The Hall–Kier alpha value is -0.0800. The highest BCUT2D eigenvalue weighted by Gasteiger charge is 2.01. The van der Waals surface area contributed by atoms with E-state index in [0.29, 0.717) is 12.7 Å². The van der Waals surface area contributed by atoms with Gasteiger partial charge < -0.3 is 5.73 Å². The minimum Gasteiger partial charge on any atom is -0.318 e. The van der Waals surface area contributed by atoms with Crippen molar-refractivity contribution in [3.8, 4) is 0 Å². The SMILES string of the molecule is CCN(CN)C(C)C. The number of rotatable bonds is 3. The second-order valence-electron chi connectivity index (χ2n) is 2.18. The molecule has 0 bridgehead atoms. The van der Waals surface area contributed by atoms with Gasteiger partial charge in [-0.3, -0.25) is 4.90 Å². The summed E-state index contributed by atoms with van der Waals surface area (Å²) >= 11 is 0. The molecular weight excluding hydrogens is 100 g/mol. The van der Waals surface area contributed by atoms with Crippen molar-refractivity contribution >= 4 is 0 Å². The minimum absolute atomic E-state index is 0.588. The van der Waals surface area contributed by atoms with E-state index in [2.05, 4.69) is 25.7 Å².